The Kier molecular flexibility index (Phi) is 5.24. The van der Waals surface area contributed by atoms with Gasteiger partial charge in [0.05, 0.1) is 0 Å². The first-order chi connectivity index (χ1) is 8.83. The molecule has 18 heavy (non-hydrogen) atoms. The van der Waals surface area contributed by atoms with Gasteiger partial charge >= 0.3 is 0 Å². The minimum atomic E-state index is 0.603. The van der Waals surface area contributed by atoms with Gasteiger partial charge in [-0.3, -0.25) is 0 Å². The molecule has 102 valence electrons. The molecule has 1 heterocycles. The van der Waals surface area contributed by atoms with Gasteiger partial charge in [-0.05, 0) is 25.8 Å². The van der Waals surface area contributed by atoms with Crippen molar-refractivity contribution in [3.05, 3.63) is 18.2 Å². The first kappa shape index (κ1) is 13.6. The number of nitrogens with zero attached hydrogens (tertiary/aromatic N) is 2. The smallest absolute Gasteiger partial charge is 0.110 e. The van der Waals surface area contributed by atoms with Crippen molar-refractivity contribution >= 4 is 0 Å². The molecule has 0 aromatic carbocycles. The van der Waals surface area contributed by atoms with Crippen LogP contribution in [0.1, 0.15) is 51.8 Å². The van der Waals surface area contributed by atoms with Crippen molar-refractivity contribution < 1.29 is 0 Å². The number of nitrogens with one attached hydrogen (secondary N) is 1. The van der Waals surface area contributed by atoms with Crippen molar-refractivity contribution in [2.75, 3.05) is 6.54 Å². The third-order valence-corrected chi connectivity index (χ3v) is 4.16. The van der Waals surface area contributed by atoms with E-state index in [2.05, 4.69) is 34.9 Å². The van der Waals surface area contributed by atoms with E-state index in [1.807, 2.05) is 6.20 Å². The number of likely N-dealkylation sites (N-methyl/N-ethyl adjacent to an activating group) is 1. The fourth-order valence-corrected chi connectivity index (χ4v) is 3.21. The number of hydrogen-bond donors (Lipinski definition) is 1. The number of aromatic nitrogens is 2. The number of imidazole rings is 1. The number of hydrogen-bond acceptors (Lipinski definition) is 2. The van der Waals surface area contributed by atoms with E-state index in [4.69, 9.17) is 0 Å². The highest BCUT2D eigenvalue weighted by Crippen LogP contribution is 2.29. The van der Waals surface area contributed by atoms with Gasteiger partial charge < -0.3 is 9.88 Å². The minimum Gasteiger partial charge on any atom is -0.335 e. The fourth-order valence-electron chi connectivity index (χ4n) is 3.21. The highest BCUT2D eigenvalue weighted by atomic mass is 15.1. The van der Waals surface area contributed by atoms with E-state index >= 15 is 0 Å². The van der Waals surface area contributed by atoms with Gasteiger partial charge in [-0.2, -0.15) is 0 Å². The molecular formula is C15H27N3. The van der Waals surface area contributed by atoms with Crippen LogP contribution >= 0.6 is 0 Å². The van der Waals surface area contributed by atoms with Gasteiger partial charge in [-0.15, -0.1) is 0 Å². The van der Waals surface area contributed by atoms with Gasteiger partial charge in [0.25, 0.3) is 0 Å². The highest BCUT2D eigenvalue weighted by molar-refractivity contribution is 4.96. The van der Waals surface area contributed by atoms with Crippen LogP contribution in [0.3, 0.4) is 0 Å². The van der Waals surface area contributed by atoms with Crippen LogP contribution in [0.15, 0.2) is 12.4 Å². The summed E-state index contributed by atoms with van der Waals surface area (Å²) in [4.78, 5) is 4.51. The molecule has 3 heteroatoms. The normalized spacial score (nSPS) is 18.3. The molecule has 1 saturated carbocycles. The van der Waals surface area contributed by atoms with Crippen molar-refractivity contribution in [2.24, 2.45) is 5.92 Å². The summed E-state index contributed by atoms with van der Waals surface area (Å²) in [5, 5.41) is 3.65. The van der Waals surface area contributed by atoms with Crippen LogP contribution in [0, 0.1) is 5.92 Å². The monoisotopic (exact) mass is 249 g/mol. The Balaban J connectivity index is 1.92. The van der Waals surface area contributed by atoms with E-state index in [1.54, 1.807) is 0 Å². The van der Waals surface area contributed by atoms with Gasteiger partial charge in [0.1, 0.15) is 5.82 Å². The third-order valence-electron chi connectivity index (χ3n) is 4.16. The summed E-state index contributed by atoms with van der Waals surface area (Å²) in [6.45, 7) is 6.47. The van der Waals surface area contributed by atoms with Crippen molar-refractivity contribution in [3.8, 4) is 0 Å². The molecule has 0 spiro atoms. The molecule has 1 aliphatic rings. The topological polar surface area (TPSA) is 29.9 Å². The van der Waals surface area contributed by atoms with E-state index in [0.29, 0.717) is 6.04 Å². The van der Waals surface area contributed by atoms with Gasteiger partial charge in [-0.1, -0.05) is 32.6 Å². The average molecular weight is 249 g/mol. The maximum atomic E-state index is 4.51. The zero-order valence-corrected chi connectivity index (χ0v) is 11.9. The molecule has 3 nitrogen and oxygen atoms in total. The number of aryl methyl sites for hydroxylation is 1. The summed E-state index contributed by atoms with van der Waals surface area (Å²) in [6.07, 6.45) is 12.2. The fraction of sp³-hybridized carbons (Fsp3) is 0.800. The lowest BCUT2D eigenvalue weighted by Crippen LogP contribution is -2.33. The SMILES string of the molecule is CCNC(Cc1nccn1CC)CC1CCCC1. The van der Waals surface area contributed by atoms with Gasteiger partial charge in [0, 0.05) is 31.4 Å². The molecular weight excluding hydrogens is 222 g/mol. The Morgan fingerprint density at radius 2 is 2.17 bits per heavy atom. The Labute approximate surface area is 111 Å². The largest absolute Gasteiger partial charge is 0.335 e. The molecule has 1 atom stereocenters. The van der Waals surface area contributed by atoms with Crippen LogP contribution in [0.2, 0.25) is 0 Å². The maximum absolute atomic E-state index is 4.51. The zero-order valence-electron chi connectivity index (χ0n) is 11.9. The summed E-state index contributed by atoms with van der Waals surface area (Å²) < 4.78 is 2.26. The minimum absolute atomic E-state index is 0.603. The van der Waals surface area contributed by atoms with Crippen LogP contribution in [-0.2, 0) is 13.0 Å². The standard InChI is InChI=1S/C15H27N3/c1-3-16-14(11-13-7-5-6-8-13)12-15-17-9-10-18(15)4-2/h9-10,13-14,16H,3-8,11-12H2,1-2H3. The molecule has 1 unspecified atom stereocenters. The quantitative estimate of drug-likeness (QED) is 0.805. The molecule has 2 rings (SSSR count). The second-order valence-electron chi connectivity index (χ2n) is 5.47. The maximum Gasteiger partial charge on any atom is 0.110 e. The van der Waals surface area contributed by atoms with Crippen molar-refractivity contribution in [2.45, 2.75) is 65.0 Å². The predicted molar refractivity (Wildman–Crippen MR) is 75.6 cm³/mol. The first-order valence-corrected chi connectivity index (χ1v) is 7.56. The highest BCUT2D eigenvalue weighted by Gasteiger charge is 2.20. The second kappa shape index (κ2) is 6.93. The van der Waals surface area contributed by atoms with Crippen LogP contribution in [-0.4, -0.2) is 22.1 Å². The van der Waals surface area contributed by atoms with Gasteiger partial charge in [0.15, 0.2) is 0 Å². The molecule has 0 bridgehead atoms. The Hall–Kier alpha value is -0.830. The van der Waals surface area contributed by atoms with E-state index in [9.17, 15) is 0 Å². The van der Waals surface area contributed by atoms with E-state index < -0.39 is 0 Å². The molecule has 1 N–H and O–H groups in total. The summed E-state index contributed by atoms with van der Waals surface area (Å²) in [5.74, 6) is 2.18. The lowest BCUT2D eigenvalue weighted by molar-refractivity contribution is 0.383. The molecule has 0 aliphatic heterocycles. The summed E-state index contributed by atoms with van der Waals surface area (Å²) in [6, 6.07) is 0.603. The molecule has 1 fully saturated rings. The summed E-state index contributed by atoms with van der Waals surface area (Å²) in [5.41, 5.74) is 0. The van der Waals surface area contributed by atoms with Crippen LogP contribution in [0.4, 0.5) is 0 Å². The van der Waals surface area contributed by atoms with Gasteiger partial charge in [0.2, 0.25) is 0 Å². The third kappa shape index (κ3) is 3.58. The summed E-state index contributed by atoms with van der Waals surface area (Å²) in [7, 11) is 0. The van der Waals surface area contributed by atoms with Crippen LogP contribution in [0.25, 0.3) is 0 Å². The lowest BCUT2D eigenvalue weighted by atomic mass is 9.96. The second-order valence-corrected chi connectivity index (χ2v) is 5.47. The molecule has 0 saturated heterocycles. The van der Waals surface area contributed by atoms with Crippen molar-refractivity contribution in [3.63, 3.8) is 0 Å². The van der Waals surface area contributed by atoms with E-state index in [-0.39, 0.29) is 0 Å². The molecule has 0 radical (unpaired) electrons. The molecule has 0 amide bonds. The predicted octanol–water partition coefficient (Wildman–Crippen LogP) is 3.00. The average Bonchev–Trinajstić information content (AvgIpc) is 3.00. The lowest BCUT2D eigenvalue weighted by Gasteiger charge is -2.21. The zero-order chi connectivity index (χ0) is 12.8. The Morgan fingerprint density at radius 1 is 1.39 bits per heavy atom. The van der Waals surface area contributed by atoms with Crippen LogP contribution < -0.4 is 5.32 Å². The number of rotatable bonds is 7. The first-order valence-electron chi connectivity index (χ1n) is 7.56. The Bertz CT molecular complexity index is 339. The van der Waals surface area contributed by atoms with E-state index in [1.165, 1.54) is 37.9 Å². The molecule has 1 aromatic rings. The van der Waals surface area contributed by atoms with Gasteiger partial charge in [-0.25, -0.2) is 4.98 Å². The van der Waals surface area contributed by atoms with Crippen LogP contribution in [0.5, 0.6) is 0 Å². The molecule has 1 aliphatic carbocycles. The summed E-state index contributed by atoms with van der Waals surface area (Å²) >= 11 is 0. The van der Waals surface area contributed by atoms with Crippen molar-refractivity contribution in [1.29, 1.82) is 0 Å². The Morgan fingerprint density at radius 3 is 2.83 bits per heavy atom. The van der Waals surface area contributed by atoms with Crippen molar-refractivity contribution in [1.82, 2.24) is 14.9 Å². The molecule has 1 aromatic heterocycles. The van der Waals surface area contributed by atoms with E-state index in [0.717, 1.165) is 25.4 Å².